The van der Waals surface area contributed by atoms with Gasteiger partial charge < -0.3 is 0 Å². The first-order valence-electron chi connectivity index (χ1n) is 7.95. The zero-order chi connectivity index (χ0) is 37.0. The third-order valence-electron chi connectivity index (χ3n) is 3.83. The van der Waals surface area contributed by atoms with Gasteiger partial charge in [-0.3, -0.25) is 0 Å². The summed E-state index contributed by atoms with van der Waals surface area (Å²) in [6.45, 7) is 0. The molecule has 0 unspecified atom stereocenters. The van der Waals surface area contributed by atoms with Crippen LogP contribution in [-0.4, -0.2) is 0 Å². The zero-order valence-corrected chi connectivity index (χ0v) is 25.1. The molecule has 0 N–H and O–H groups in total. The minimum atomic E-state index is -8.12. The molecule has 28 heteroatoms. The molecule has 46 heavy (non-hydrogen) atoms. The van der Waals surface area contributed by atoms with Gasteiger partial charge in [0.1, 0.15) is 0 Å². The second kappa shape index (κ2) is 8.14. The van der Waals surface area contributed by atoms with Gasteiger partial charge in [-0.25, -0.2) is 0 Å². The Kier molecular flexibility index (Phi) is 7.91. The molecule has 0 aliphatic rings. The number of hydrogen-bond acceptors (Lipinski definition) is 24. The van der Waals surface area contributed by atoms with E-state index < -0.39 is 29.2 Å². The van der Waals surface area contributed by atoms with Crippen molar-refractivity contribution in [2.45, 2.75) is 0 Å². The van der Waals surface area contributed by atoms with E-state index in [0.717, 1.165) is 0 Å². The normalized spacial score (nSPS) is 15.4. The summed E-state index contributed by atoms with van der Waals surface area (Å²) in [7, 11) is -24.4. The van der Waals surface area contributed by atoms with Crippen molar-refractivity contribution in [2.75, 3.05) is 0 Å². The average Bonchev–Trinajstić information content (AvgIpc) is 3.11. The van der Waals surface area contributed by atoms with E-state index in [1.165, 1.54) is 0 Å². The fraction of sp³-hybridized carbons (Fsp3) is 0. The van der Waals surface area contributed by atoms with Gasteiger partial charge in [-0.15, -0.1) is 0 Å². The molecule has 0 atom stereocenters. The molecule has 0 aromatic rings. The van der Waals surface area contributed by atoms with Crippen LogP contribution < -0.4 is 0 Å². The van der Waals surface area contributed by atoms with Gasteiger partial charge in [-0.1, -0.05) is 0 Å². The molecule has 233 valence electrons. The summed E-state index contributed by atoms with van der Waals surface area (Å²) in [4.78, 5) is 0. The van der Waals surface area contributed by atoms with Crippen LogP contribution in [0.4, 0.5) is 0 Å². The molecular formula is C18Co3FeN18O6. The van der Waals surface area contributed by atoms with E-state index in [9.17, 15) is 11.6 Å². The molecule has 0 bridgehead atoms. The van der Waals surface area contributed by atoms with Crippen molar-refractivity contribution >= 4 is 0 Å². The minimum Gasteiger partial charge on any atom is 3.00 e. The molecule has 0 aliphatic carbocycles. The van der Waals surface area contributed by atoms with Crippen LogP contribution in [0.5, 0.6) is 0 Å². The molecule has 0 fully saturated rings. The number of hydrogen-bond donors (Lipinski definition) is 0. The first-order valence-corrected chi connectivity index (χ1v) is 18.3. The van der Waals surface area contributed by atoms with E-state index in [2.05, 4.69) is 11.5 Å². The maximum atomic E-state index is 12.2. The monoisotopic (exact) mass is 797 g/mol. The number of nitrogens with zero attached hydrogens (tertiary/aromatic N) is 18. The van der Waals surface area contributed by atoms with Crippen molar-refractivity contribution in [3.8, 4) is 93.8 Å². The Morgan fingerprint density at radius 2 is 0.348 bits per heavy atom. The fourth-order valence-electron chi connectivity index (χ4n) is 0.994. The van der Waals surface area contributed by atoms with Crippen LogP contribution in [0.25, 0.3) is 0 Å². The molecule has 24 nitrogen and oxygen atoms in total. The smallest absolute Gasteiger partial charge is 3.00 e. The molecule has 0 aromatic heterocycles. The third-order valence-corrected chi connectivity index (χ3v) is 15.8. The van der Waals surface area contributed by atoms with Gasteiger partial charge in [0.2, 0.25) is 0 Å². The second-order valence-electron chi connectivity index (χ2n) is 6.30. The number of nitriles is 18. The van der Waals surface area contributed by atoms with E-state index in [1.807, 2.05) is 0 Å². The van der Waals surface area contributed by atoms with Gasteiger partial charge in [0.05, 0.1) is 0 Å². The van der Waals surface area contributed by atoms with Gasteiger partial charge in [0.15, 0.2) is 0 Å². The molecule has 1 radical (unpaired) electrons. The molecule has 0 aromatic carbocycles. The van der Waals surface area contributed by atoms with Crippen molar-refractivity contribution in [3.05, 3.63) is 0 Å². The van der Waals surface area contributed by atoms with Gasteiger partial charge >= 0.3 is 258 Å². The van der Waals surface area contributed by atoms with E-state index in [4.69, 9.17) is 94.7 Å². The van der Waals surface area contributed by atoms with Crippen LogP contribution in [0.1, 0.15) is 0 Å². The molecule has 0 heterocycles. The summed E-state index contributed by atoms with van der Waals surface area (Å²) < 4.78 is 47.3. The van der Waals surface area contributed by atoms with E-state index in [0.29, 0.717) is 93.8 Å². The quantitative estimate of drug-likeness (QED) is 0.262. The second-order valence-corrected chi connectivity index (χ2v) is 25.1. The molecule has 0 rings (SSSR count). The van der Waals surface area contributed by atoms with E-state index in [1.54, 1.807) is 0 Å². The largest absolute Gasteiger partial charge is 3.00 e. The Morgan fingerprint density at radius 3 is 0.370 bits per heavy atom. The number of rotatable bonds is 3. The summed E-state index contributed by atoms with van der Waals surface area (Å²) in [5.41, 5.74) is 0. The average molecular weight is 797 g/mol. The van der Waals surface area contributed by atoms with Crippen molar-refractivity contribution in [3.63, 3.8) is 0 Å². The first kappa shape index (κ1) is 44.7. The Balaban J connectivity index is -0.000000285. The van der Waals surface area contributed by atoms with Crippen LogP contribution in [-0.2, 0) is 69.5 Å². The third kappa shape index (κ3) is 4.06. The van der Waals surface area contributed by atoms with Crippen molar-refractivity contribution in [2.24, 2.45) is 0 Å². The van der Waals surface area contributed by atoms with Crippen LogP contribution in [0.3, 0.4) is 0 Å². The first-order chi connectivity index (χ1) is 20.2. The van der Waals surface area contributed by atoms with Gasteiger partial charge in [-0.05, 0) is 0 Å². The van der Waals surface area contributed by atoms with Crippen molar-refractivity contribution in [1.29, 1.82) is 94.7 Å². The predicted octanol–water partition coefficient (Wildman–Crippen LogP) is -0.270. The Labute approximate surface area is 256 Å². The summed E-state index contributed by atoms with van der Waals surface area (Å²) >= 11 is 0. The Hall–Kier alpha value is -8.34. The predicted molar refractivity (Wildman–Crippen MR) is 106 cm³/mol. The van der Waals surface area contributed by atoms with Gasteiger partial charge in [-0.2, -0.15) is 0 Å². The fourth-order valence-corrected chi connectivity index (χ4v) is 4.10. The Bertz CT molecular complexity index is 2120. The summed E-state index contributed by atoms with van der Waals surface area (Å²) in [5.74, 6) is 0. The molecular weight excluding hydrogens is 797 g/mol. The summed E-state index contributed by atoms with van der Waals surface area (Å²) in [6.07, 6.45) is 1.86. The van der Waals surface area contributed by atoms with Crippen molar-refractivity contribution in [1.82, 2.24) is 0 Å². The molecule has 0 spiro atoms. The molecule has 0 amide bonds. The van der Waals surface area contributed by atoms with Crippen LogP contribution >= 0.6 is 0 Å². The molecule has 0 aliphatic heterocycles. The van der Waals surface area contributed by atoms with Crippen molar-refractivity contribution < 1.29 is 69.5 Å². The van der Waals surface area contributed by atoms with Crippen LogP contribution in [0.2, 0.25) is 0 Å². The SMILES string of the molecule is N#C[O][Co-](=[O])([C]#N)([C]#N)([C]#N)([C]#N)[C]#N.N#C[O][Co-](=[O])([C]#N)([C]#N)([C]#N)([C]#N)[C]#N.N#C[O][Co-](=[O])([C]#N)([C]#N)([C]#N)([C]#N)[C]#N.[Fe+3]. The standard InChI is InChI=1S/3CHNO.15CN.3Co.Fe.3O/c3*2-1-3;15*1-2;;;;;;;/h3*3H;;;;;;;;;;;;;;;;;;;;;;/q;;;;;;;;;;;;;;;;;;;;;+3;;;/p-3. The summed E-state index contributed by atoms with van der Waals surface area (Å²) in [6, 6.07) is 0. The molecule has 0 saturated heterocycles. The minimum absolute atomic E-state index is 0. The topological polar surface area (TPSA) is 507 Å². The molecule has 0 saturated carbocycles. The maximum Gasteiger partial charge on any atom is 3.00 e. The van der Waals surface area contributed by atoms with E-state index in [-0.39, 0.29) is 17.1 Å². The van der Waals surface area contributed by atoms with Gasteiger partial charge in [0.25, 0.3) is 0 Å². The van der Waals surface area contributed by atoms with Gasteiger partial charge in [0, 0.05) is 0 Å². The Morgan fingerprint density at radius 1 is 0.261 bits per heavy atom. The van der Waals surface area contributed by atoms with Crippen LogP contribution in [0.15, 0.2) is 0 Å². The summed E-state index contributed by atoms with van der Waals surface area (Å²) in [5, 5.41) is 161. The van der Waals surface area contributed by atoms with E-state index >= 15 is 0 Å². The zero-order valence-electron chi connectivity index (χ0n) is 20.9. The maximum absolute atomic E-state index is 12.2. The van der Waals surface area contributed by atoms with Crippen LogP contribution in [0, 0.1) is 189 Å².